The Bertz CT molecular complexity index is 616. The van der Waals surface area contributed by atoms with Crippen LogP contribution in [0.3, 0.4) is 0 Å². The summed E-state index contributed by atoms with van der Waals surface area (Å²) in [7, 11) is 1.71. The predicted molar refractivity (Wildman–Crippen MR) is 93.1 cm³/mol. The van der Waals surface area contributed by atoms with Crippen LogP contribution in [0.15, 0.2) is 18.2 Å². The fourth-order valence-corrected chi connectivity index (χ4v) is 6.39. The Morgan fingerprint density at radius 2 is 2.12 bits per heavy atom. The summed E-state index contributed by atoms with van der Waals surface area (Å²) in [6.07, 6.45) is 5.69. The van der Waals surface area contributed by atoms with Gasteiger partial charge in [-0.05, 0) is 90.9 Å². The lowest BCUT2D eigenvalue weighted by molar-refractivity contribution is -0.0506. The summed E-state index contributed by atoms with van der Waals surface area (Å²) >= 11 is 0. The van der Waals surface area contributed by atoms with Gasteiger partial charge in [0.25, 0.3) is 0 Å². The highest BCUT2D eigenvalue weighted by Crippen LogP contribution is 2.63. The molecule has 0 radical (unpaired) electrons. The van der Waals surface area contributed by atoms with Crippen LogP contribution in [-0.4, -0.2) is 25.0 Å². The number of methoxy groups -OCH3 is 1. The number of aryl methyl sites for hydroxylation is 1. The number of aliphatic hydroxyl groups is 1. The van der Waals surface area contributed by atoms with E-state index in [0.29, 0.717) is 30.1 Å². The lowest BCUT2D eigenvalue weighted by Crippen LogP contribution is -2.48. The Balaban J connectivity index is 1.75. The van der Waals surface area contributed by atoms with Crippen LogP contribution in [-0.2, 0) is 6.42 Å². The fraction of sp³-hybridized carbons (Fsp3) is 0.714. The smallest absolute Gasteiger partial charge is 0.119 e. The Hall–Kier alpha value is -1.09. The van der Waals surface area contributed by atoms with Crippen LogP contribution in [0, 0.1) is 23.2 Å². The molecule has 3 aliphatic carbocycles. The minimum absolute atomic E-state index is 0.00895. The molecule has 2 fully saturated rings. The van der Waals surface area contributed by atoms with Gasteiger partial charge in [0.2, 0.25) is 0 Å². The molecule has 1 N–H and O–H groups in total. The van der Waals surface area contributed by atoms with Gasteiger partial charge in [-0.25, -0.2) is 0 Å². The maximum absolute atomic E-state index is 13.3. The summed E-state index contributed by atoms with van der Waals surface area (Å²) in [4.78, 5) is 0. The van der Waals surface area contributed by atoms with Crippen LogP contribution < -0.4 is 4.74 Å². The van der Waals surface area contributed by atoms with Crippen LogP contribution in [0.1, 0.15) is 56.1 Å². The molecule has 1 aromatic carbocycles. The lowest BCUT2D eigenvalue weighted by atomic mass is 9.51. The van der Waals surface area contributed by atoms with Gasteiger partial charge in [-0.15, -0.1) is 0 Å². The highest BCUT2D eigenvalue weighted by atomic mass is 19.1. The first kappa shape index (κ1) is 16.4. The standard InChI is InChI=1S/C21H29FO2/c1-21-12-14(9-10-22)20-16-6-4-15(24-2)11-13(16)3-5-17(20)18(21)7-8-19(21)23/h4,6,11,14,17-20,23H,3,5,7-10,12H2,1-2H3/t14-,17?,18?,19-,20?,21-/m0/s1. The molecule has 3 heteroatoms. The average Bonchev–Trinajstić information content (AvgIpc) is 2.89. The van der Waals surface area contributed by atoms with Crippen LogP contribution in [0.5, 0.6) is 5.75 Å². The van der Waals surface area contributed by atoms with Gasteiger partial charge in [0.15, 0.2) is 0 Å². The highest BCUT2D eigenvalue weighted by molar-refractivity contribution is 5.41. The van der Waals surface area contributed by atoms with Crippen LogP contribution >= 0.6 is 0 Å². The number of hydrogen-bond donors (Lipinski definition) is 1. The van der Waals surface area contributed by atoms with Gasteiger partial charge < -0.3 is 9.84 Å². The molecule has 0 bridgehead atoms. The second-order valence-corrected chi connectivity index (χ2v) is 8.44. The van der Waals surface area contributed by atoms with Crippen molar-refractivity contribution in [1.82, 2.24) is 0 Å². The lowest BCUT2D eigenvalue weighted by Gasteiger charge is -2.53. The normalized spacial score (nSPS) is 40.6. The van der Waals surface area contributed by atoms with Crippen LogP contribution in [0.4, 0.5) is 4.39 Å². The second kappa shape index (κ2) is 6.01. The van der Waals surface area contributed by atoms with Crippen molar-refractivity contribution in [3.63, 3.8) is 0 Å². The third-order valence-electron chi connectivity index (χ3n) is 7.48. The molecule has 132 valence electrons. The summed E-state index contributed by atoms with van der Waals surface area (Å²) in [5.41, 5.74) is 2.81. The van der Waals surface area contributed by atoms with E-state index in [1.165, 1.54) is 17.5 Å². The van der Waals surface area contributed by atoms with E-state index < -0.39 is 0 Å². The summed E-state index contributed by atoms with van der Waals surface area (Å²) < 4.78 is 18.7. The summed E-state index contributed by atoms with van der Waals surface area (Å²) in [5, 5.41) is 10.6. The number of halogens is 1. The van der Waals surface area contributed by atoms with Crippen LogP contribution in [0.2, 0.25) is 0 Å². The van der Waals surface area contributed by atoms with Crippen molar-refractivity contribution in [2.45, 2.75) is 57.5 Å². The number of rotatable bonds is 3. The molecule has 0 aromatic heterocycles. The molecule has 3 unspecified atom stereocenters. The third kappa shape index (κ3) is 2.31. The Morgan fingerprint density at radius 1 is 1.29 bits per heavy atom. The van der Waals surface area contributed by atoms with E-state index in [-0.39, 0.29) is 18.2 Å². The molecule has 0 spiro atoms. The highest BCUT2D eigenvalue weighted by Gasteiger charge is 2.57. The zero-order chi connectivity index (χ0) is 16.9. The summed E-state index contributed by atoms with van der Waals surface area (Å²) in [5.74, 6) is 2.91. The molecule has 2 saturated carbocycles. The largest absolute Gasteiger partial charge is 0.497 e. The molecule has 3 aliphatic rings. The first-order chi connectivity index (χ1) is 11.6. The summed E-state index contributed by atoms with van der Waals surface area (Å²) in [6, 6.07) is 6.46. The number of hydrogen-bond acceptors (Lipinski definition) is 2. The quantitative estimate of drug-likeness (QED) is 0.883. The number of benzene rings is 1. The molecule has 0 amide bonds. The number of fused-ring (bicyclic) bond motifs is 5. The van der Waals surface area contributed by atoms with Crippen molar-refractivity contribution in [2.75, 3.05) is 13.8 Å². The van der Waals surface area contributed by atoms with Crippen LogP contribution in [0.25, 0.3) is 0 Å². The van der Waals surface area contributed by atoms with Gasteiger partial charge in [0.05, 0.1) is 19.9 Å². The van der Waals surface area contributed by atoms with Gasteiger partial charge in [0, 0.05) is 0 Å². The molecule has 6 atom stereocenters. The number of aliphatic hydroxyl groups excluding tert-OH is 1. The van der Waals surface area contributed by atoms with Crippen molar-refractivity contribution in [3.8, 4) is 5.75 Å². The molecule has 0 aliphatic heterocycles. The molecule has 24 heavy (non-hydrogen) atoms. The van der Waals surface area contributed by atoms with Crippen molar-refractivity contribution in [3.05, 3.63) is 29.3 Å². The molecule has 2 nitrogen and oxygen atoms in total. The molecular weight excluding hydrogens is 303 g/mol. The van der Waals surface area contributed by atoms with E-state index in [0.717, 1.165) is 31.4 Å². The third-order valence-corrected chi connectivity index (χ3v) is 7.48. The molecular formula is C21H29FO2. The molecule has 0 heterocycles. The number of alkyl halides is 1. The SMILES string of the molecule is COc1ccc2c(c1)CCC1C2[C@@H](CCF)C[C@@]2(C)C1CC[C@@H]2O. The number of ether oxygens (including phenoxy) is 1. The van der Waals surface area contributed by atoms with Crippen molar-refractivity contribution in [1.29, 1.82) is 0 Å². The molecule has 0 saturated heterocycles. The van der Waals surface area contributed by atoms with Gasteiger partial charge in [-0.1, -0.05) is 13.0 Å². The zero-order valence-corrected chi connectivity index (χ0v) is 14.8. The minimum atomic E-state index is -0.254. The Labute approximate surface area is 144 Å². The van der Waals surface area contributed by atoms with Crippen molar-refractivity contribution < 1.29 is 14.2 Å². The first-order valence-corrected chi connectivity index (χ1v) is 9.49. The predicted octanol–water partition coefficient (Wildman–Crippen LogP) is 4.50. The van der Waals surface area contributed by atoms with Gasteiger partial charge in [-0.3, -0.25) is 4.39 Å². The second-order valence-electron chi connectivity index (χ2n) is 8.44. The minimum Gasteiger partial charge on any atom is -0.497 e. The first-order valence-electron chi connectivity index (χ1n) is 9.49. The molecule has 4 rings (SSSR count). The van der Waals surface area contributed by atoms with Crippen molar-refractivity contribution >= 4 is 0 Å². The topological polar surface area (TPSA) is 29.5 Å². The maximum Gasteiger partial charge on any atom is 0.119 e. The van der Waals surface area contributed by atoms with Crippen molar-refractivity contribution in [2.24, 2.45) is 23.2 Å². The van der Waals surface area contributed by atoms with E-state index in [1.54, 1.807) is 7.11 Å². The van der Waals surface area contributed by atoms with Gasteiger partial charge in [-0.2, -0.15) is 0 Å². The van der Waals surface area contributed by atoms with Gasteiger partial charge >= 0.3 is 0 Å². The van der Waals surface area contributed by atoms with E-state index in [4.69, 9.17) is 4.74 Å². The monoisotopic (exact) mass is 332 g/mol. The fourth-order valence-electron chi connectivity index (χ4n) is 6.39. The Morgan fingerprint density at radius 3 is 2.88 bits per heavy atom. The van der Waals surface area contributed by atoms with E-state index in [2.05, 4.69) is 25.1 Å². The van der Waals surface area contributed by atoms with E-state index in [1.807, 2.05) is 0 Å². The van der Waals surface area contributed by atoms with Gasteiger partial charge in [0.1, 0.15) is 5.75 Å². The average molecular weight is 332 g/mol. The molecule has 1 aromatic rings. The van der Waals surface area contributed by atoms with E-state index in [9.17, 15) is 9.50 Å². The maximum atomic E-state index is 13.3. The Kier molecular flexibility index (Phi) is 4.11. The summed E-state index contributed by atoms with van der Waals surface area (Å²) in [6.45, 7) is 2.01. The zero-order valence-electron chi connectivity index (χ0n) is 14.8. The van der Waals surface area contributed by atoms with E-state index >= 15 is 0 Å².